The van der Waals surface area contributed by atoms with E-state index in [-0.39, 0.29) is 37.2 Å². The van der Waals surface area contributed by atoms with Crippen LogP contribution in [0, 0.1) is 5.92 Å². The van der Waals surface area contributed by atoms with E-state index in [9.17, 15) is 14.4 Å². The first-order chi connectivity index (χ1) is 16.4. The van der Waals surface area contributed by atoms with Crippen LogP contribution in [0.2, 0.25) is 0 Å². The second-order valence-electron chi connectivity index (χ2n) is 8.25. The molecule has 2 aromatic rings. The Labute approximate surface area is 200 Å². The summed E-state index contributed by atoms with van der Waals surface area (Å²) in [5, 5.41) is 0. The number of amides is 2. The zero-order valence-corrected chi connectivity index (χ0v) is 20.0. The molecule has 0 N–H and O–H groups in total. The Hall–Kier alpha value is -3.55. The average Bonchev–Trinajstić information content (AvgIpc) is 3.25. The number of carbonyl (C=O) groups excluding carboxylic acids is 3. The molecular weight excluding hydrogens is 436 g/mol. The van der Waals surface area contributed by atoms with Crippen molar-refractivity contribution in [2.75, 3.05) is 41.0 Å². The lowest BCUT2D eigenvalue weighted by Gasteiger charge is -2.25. The minimum Gasteiger partial charge on any atom is -0.493 e. The smallest absolute Gasteiger partial charge is 0.307 e. The highest BCUT2D eigenvalue weighted by Crippen LogP contribution is 2.28. The Morgan fingerprint density at radius 1 is 1.00 bits per heavy atom. The largest absolute Gasteiger partial charge is 0.493 e. The van der Waals surface area contributed by atoms with E-state index < -0.39 is 5.92 Å². The third-order valence-corrected chi connectivity index (χ3v) is 6.02. The molecule has 1 aliphatic heterocycles. The molecule has 1 heterocycles. The molecule has 2 aromatic carbocycles. The molecule has 182 valence electrons. The molecule has 1 unspecified atom stereocenters. The SMILES string of the molecule is COC(=O)CCN(Cc1ccccc1)C(=O)C1CC(=O)N(CCc2ccc(OC)c(OC)c2)C1. The van der Waals surface area contributed by atoms with Gasteiger partial charge >= 0.3 is 5.97 Å². The lowest BCUT2D eigenvalue weighted by atomic mass is 10.1. The van der Waals surface area contributed by atoms with Crippen LogP contribution in [-0.2, 0) is 32.1 Å². The monoisotopic (exact) mass is 468 g/mol. The highest BCUT2D eigenvalue weighted by Gasteiger charge is 2.36. The van der Waals surface area contributed by atoms with Crippen molar-refractivity contribution in [2.24, 2.45) is 5.92 Å². The summed E-state index contributed by atoms with van der Waals surface area (Å²) in [5.74, 6) is 0.341. The number of carbonyl (C=O) groups is 3. The molecule has 1 atom stereocenters. The van der Waals surface area contributed by atoms with Gasteiger partial charge in [-0.25, -0.2) is 0 Å². The van der Waals surface area contributed by atoms with Gasteiger partial charge in [-0.3, -0.25) is 14.4 Å². The van der Waals surface area contributed by atoms with Crippen molar-refractivity contribution in [1.29, 1.82) is 0 Å². The Morgan fingerprint density at radius 2 is 1.74 bits per heavy atom. The number of rotatable bonds is 11. The summed E-state index contributed by atoms with van der Waals surface area (Å²) >= 11 is 0. The van der Waals surface area contributed by atoms with Crippen molar-refractivity contribution < 1.29 is 28.6 Å². The molecule has 0 aromatic heterocycles. The molecule has 0 radical (unpaired) electrons. The van der Waals surface area contributed by atoms with E-state index in [1.165, 1.54) is 7.11 Å². The molecule has 0 spiro atoms. The normalized spacial score (nSPS) is 15.2. The number of likely N-dealkylation sites (tertiary alicyclic amines) is 1. The van der Waals surface area contributed by atoms with Gasteiger partial charge in [0, 0.05) is 32.6 Å². The van der Waals surface area contributed by atoms with Crippen LogP contribution in [0.25, 0.3) is 0 Å². The molecule has 1 fully saturated rings. The van der Waals surface area contributed by atoms with Gasteiger partial charge in [-0.1, -0.05) is 36.4 Å². The van der Waals surface area contributed by atoms with E-state index in [1.807, 2.05) is 48.5 Å². The van der Waals surface area contributed by atoms with Gasteiger partial charge in [0.15, 0.2) is 11.5 Å². The maximum absolute atomic E-state index is 13.3. The average molecular weight is 469 g/mol. The summed E-state index contributed by atoms with van der Waals surface area (Å²) in [6, 6.07) is 15.3. The number of nitrogens with zero attached hydrogens (tertiary/aromatic N) is 2. The Morgan fingerprint density at radius 3 is 2.41 bits per heavy atom. The van der Waals surface area contributed by atoms with E-state index in [0.717, 1.165) is 11.1 Å². The first-order valence-corrected chi connectivity index (χ1v) is 11.3. The summed E-state index contributed by atoms with van der Waals surface area (Å²) in [7, 11) is 4.50. The van der Waals surface area contributed by atoms with Crippen molar-refractivity contribution in [2.45, 2.75) is 25.8 Å². The van der Waals surface area contributed by atoms with Gasteiger partial charge in [0.05, 0.1) is 33.7 Å². The molecule has 8 nitrogen and oxygen atoms in total. The first-order valence-electron chi connectivity index (χ1n) is 11.3. The zero-order chi connectivity index (χ0) is 24.5. The predicted octanol–water partition coefficient (Wildman–Crippen LogP) is 2.69. The van der Waals surface area contributed by atoms with Crippen molar-refractivity contribution >= 4 is 17.8 Å². The third-order valence-electron chi connectivity index (χ3n) is 6.02. The molecule has 0 aliphatic carbocycles. The minimum absolute atomic E-state index is 0.0357. The molecule has 8 heteroatoms. The fraction of sp³-hybridized carbons (Fsp3) is 0.423. The lowest BCUT2D eigenvalue weighted by molar-refractivity contribution is -0.142. The Bertz CT molecular complexity index is 994. The molecule has 3 rings (SSSR count). The van der Waals surface area contributed by atoms with Gasteiger partial charge in [-0.2, -0.15) is 0 Å². The van der Waals surface area contributed by atoms with Gasteiger partial charge in [0.2, 0.25) is 11.8 Å². The predicted molar refractivity (Wildman–Crippen MR) is 126 cm³/mol. The molecule has 2 amide bonds. The van der Waals surface area contributed by atoms with E-state index in [4.69, 9.17) is 14.2 Å². The van der Waals surface area contributed by atoms with Crippen LogP contribution in [0.5, 0.6) is 11.5 Å². The van der Waals surface area contributed by atoms with E-state index >= 15 is 0 Å². The zero-order valence-electron chi connectivity index (χ0n) is 20.0. The standard InChI is InChI=1S/C26H32N2O6/c1-32-22-10-9-19(15-23(22)33-2)11-13-27-18-21(16-24(27)29)26(31)28(14-12-25(30)34-3)17-20-7-5-4-6-8-20/h4-10,15,21H,11-14,16-18H2,1-3H3. The van der Waals surface area contributed by atoms with Crippen LogP contribution in [0.1, 0.15) is 24.0 Å². The molecular formula is C26H32N2O6. The van der Waals surface area contributed by atoms with E-state index in [1.54, 1.807) is 24.0 Å². The second kappa shape index (κ2) is 12.1. The van der Waals surface area contributed by atoms with Crippen molar-refractivity contribution in [3.8, 4) is 11.5 Å². The van der Waals surface area contributed by atoms with Gasteiger partial charge < -0.3 is 24.0 Å². The number of ether oxygens (including phenoxy) is 3. The summed E-state index contributed by atoms with van der Waals surface area (Å²) in [6.07, 6.45) is 0.927. The summed E-state index contributed by atoms with van der Waals surface area (Å²) in [6.45, 7) is 1.51. The van der Waals surface area contributed by atoms with Gasteiger partial charge in [-0.15, -0.1) is 0 Å². The molecule has 0 bridgehead atoms. The fourth-order valence-corrected chi connectivity index (χ4v) is 4.11. The Balaban J connectivity index is 1.63. The highest BCUT2D eigenvalue weighted by molar-refractivity contribution is 5.89. The van der Waals surface area contributed by atoms with Crippen molar-refractivity contribution in [3.05, 3.63) is 59.7 Å². The number of hydrogen-bond acceptors (Lipinski definition) is 6. The minimum atomic E-state index is -0.431. The van der Waals surface area contributed by atoms with Crippen LogP contribution in [-0.4, -0.2) is 68.5 Å². The number of methoxy groups -OCH3 is 3. The van der Waals surface area contributed by atoms with Crippen LogP contribution in [0.4, 0.5) is 0 Å². The van der Waals surface area contributed by atoms with Crippen LogP contribution in [0.3, 0.4) is 0 Å². The maximum atomic E-state index is 13.3. The summed E-state index contributed by atoms with van der Waals surface area (Å²) < 4.78 is 15.4. The van der Waals surface area contributed by atoms with Crippen LogP contribution < -0.4 is 9.47 Å². The molecule has 34 heavy (non-hydrogen) atoms. The lowest BCUT2D eigenvalue weighted by Crippen LogP contribution is -2.38. The Kier molecular flexibility index (Phi) is 8.90. The van der Waals surface area contributed by atoms with Gasteiger partial charge in [0.25, 0.3) is 0 Å². The number of esters is 1. The quantitative estimate of drug-likeness (QED) is 0.472. The highest BCUT2D eigenvalue weighted by atomic mass is 16.5. The topological polar surface area (TPSA) is 85.4 Å². The number of benzene rings is 2. The maximum Gasteiger partial charge on any atom is 0.307 e. The second-order valence-corrected chi connectivity index (χ2v) is 8.25. The van der Waals surface area contributed by atoms with Gasteiger partial charge in [-0.05, 0) is 29.7 Å². The van der Waals surface area contributed by atoms with Gasteiger partial charge in [0.1, 0.15) is 0 Å². The summed E-state index contributed by atoms with van der Waals surface area (Å²) in [4.78, 5) is 41.1. The summed E-state index contributed by atoms with van der Waals surface area (Å²) in [5.41, 5.74) is 1.99. The van der Waals surface area contributed by atoms with E-state index in [2.05, 4.69) is 0 Å². The van der Waals surface area contributed by atoms with Crippen molar-refractivity contribution in [3.63, 3.8) is 0 Å². The van der Waals surface area contributed by atoms with E-state index in [0.29, 0.717) is 37.6 Å². The molecule has 1 aliphatic rings. The fourth-order valence-electron chi connectivity index (χ4n) is 4.11. The van der Waals surface area contributed by atoms with Crippen LogP contribution in [0.15, 0.2) is 48.5 Å². The third kappa shape index (κ3) is 6.50. The molecule has 1 saturated heterocycles. The van der Waals surface area contributed by atoms with Crippen LogP contribution >= 0.6 is 0 Å². The number of hydrogen-bond donors (Lipinski definition) is 0. The van der Waals surface area contributed by atoms with Crippen molar-refractivity contribution in [1.82, 2.24) is 9.80 Å². The molecule has 0 saturated carbocycles. The first kappa shape index (κ1) is 25.1.